The molecule has 0 aliphatic heterocycles. The Bertz CT molecular complexity index is 367. The Morgan fingerprint density at radius 2 is 2.06 bits per heavy atom. The van der Waals surface area contributed by atoms with Gasteiger partial charge in [0.1, 0.15) is 0 Å². The van der Waals surface area contributed by atoms with Gasteiger partial charge in [-0.1, -0.05) is 29.8 Å². The lowest BCUT2D eigenvalue weighted by atomic mass is 9.78. The van der Waals surface area contributed by atoms with Crippen molar-refractivity contribution in [3.63, 3.8) is 0 Å². The molecule has 0 aromatic heterocycles. The van der Waals surface area contributed by atoms with E-state index < -0.39 is 5.60 Å². The number of aryl methyl sites for hydroxylation is 1. The molecule has 2 N–H and O–H groups in total. The van der Waals surface area contributed by atoms with Crippen LogP contribution in [0.2, 0.25) is 0 Å². The van der Waals surface area contributed by atoms with Crippen molar-refractivity contribution in [1.29, 1.82) is 0 Å². The van der Waals surface area contributed by atoms with Gasteiger partial charge in [0, 0.05) is 12.5 Å². The van der Waals surface area contributed by atoms with Crippen molar-refractivity contribution in [2.24, 2.45) is 0 Å². The Balaban J connectivity index is 1.99. The van der Waals surface area contributed by atoms with Crippen LogP contribution in [-0.4, -0.2) is 23.8 Å². The van der Waals surface area contributed by atoms with E-state index in [2.05, 4.69) is 36.5 Å². The molecule has 2 heteroatoms. The highest BCUT2D eigenvalue weighted by molar-refractivity contribution is 5.23. The van der Waals surface area contributed by atoms with Crippen molar-refractivity contribution in [2.75, 3.05) is 7.05 Å². The zero-order chi connectivity index (χ0) is 12.3. The highest BCUT2D eigenvalue weighted by Crippen LogP contribution is 2.31. The van der Waals surface area contributed by atoms with E-state index in [1.54, 1.807) is 0 Å². The lowest BCUT2D eigenvalue weighted by Crippen LogP contribution is -2.41. The first kappa shape index (κ1) is 12.6. The fraction of sp³-hybridized carbons (Fsp3) is 0.600. The molecule has 2 rings (SSSR count). The SMILES string of the molecule is CNC1CCC(O)(Cc2cccc(C)c2)CC1. The van der Waals surface area contributed by atoms with Crippen molar-refractivity contribution in [3.05, 3.63) is 35.4 Å². The maximum Gasteiger partial charge on any atom is 0.0689 e. The topological polar surface area (TPSA) is 32.3 Å². The minimum atomic E-state index is -0.485. The van der Waals surface area contributed by atoms with Crippen LogP contribution in [0.1, 0.15) is 36.8 Å². The van der Waals surface area contributed by atoms with Gasteiger partial charge in [0.05, 0.1) is 5.60 Å². The van der Waals surface area contributed by atoms with Crippen molar-refractivity contribution in [3.8, 4) is 0 Å². The molecule has 0 spiro atoms. The van der Waals surface area contributed by atoms with E-state index in [0.717, 1.165) is 32.1 Å². The molecule has 0 atom stereocenters. The van der Waals surface area contributed by atoms with E-state index >= 15 is 0 Å². The minimum Gasteiger partial charge on any atom is -0.390 e. The van der Waals surface area contributed by atoms with Crippen LogP contribution in [-0.2, 0) is 6.42 Å². The monoisotopic (exact) mass is 233 g/mol. The zero-order valence-electron chi connectivity index (χ0n) is 10.9. The van der Waals surface area contributed by atoms with Crippen LogP contribution in [0.3, 0.4) is 0 Å². The summed E-state index contributed by atoms with van der Waals surface area (Å²) in [6.07, 6.45) is 4.78. The molecule has 0 heterocycles. The Labute approximate surface area is 104 Å². The molecule has 1 aliphatic rings. The molecule has 0 radical (unpaired) electrons. The van der Waals surface area contributed by atoms with E-state index in [0.29, 0.717) is 6.04 Å². The summed E-state index contributed by atoms with van der Waals surface area (Å²) in [6.45, 7) is 2.10. The molecule has 0 unspecified atom stereocenters. The van der Waals surface area contributed by atoms with Gasteiger partial charge in [0.2, 0.25) is 0 Å². The maximum atomic E-state index is 10.6. The second-order valence-electron chi connectivity index (χ2n) is 5.45. The fourth-order valence-corrected chi connectivity index (χ4v) is 2.82. The largest absolute Gasteiger partial charge is 0.390 e. The molecule has 1 aromatic carbocycles. The molecule has 17 heavy (non-hydrogen) atoms. The van der Waals surface area contributed by atoms with Crippen molar-refractivity contribution in [1.82, 2.24) is 5.32 Å². The van der Waals surface area contributed by atoms with E-state index in [1.807, 2.05) is 7.05 Å². The Morgan fingerprint density at radius 1 is 1.35 bits per heavy atom. The Morgan fingerprint density at radius 3 is 2.65 bits per heavy atom. The summed E-state index contributed by atoms with van der Waals surface area (Å²) in [7, 11) is 2.01. The number of aliphatic hydroxyl groups is 1. The molecular formula is C15H23NO. The van der Waals surface area contributed by atoms with Gasteiger partial charge in [-0.15, -0.1) is 0 Å². The molecular weight excluding hydrogens is 210 g/mol. The lowest BCUT2D eigenvalue weighted by molar-refractivity contribution is -0.00243. The third kappa shape index (κ3) is 3.30. The average Bonchev–Trinajstić information content (AvgIpc) is 2.29. The molecule has 1 aliphatic carbocycles. The van der Waals surface area contributed by atoms with Crippen LogP contribution in [0.5, 0.6) is 0 Å². The Kier molecular flexibility index (Phi) is 3.85. The lowest BCUT2D eigenvalue weighted by Gasteiger charge is -2.36. The van der Waals surface area contributed by atoms with Crippen LogP contribution >= 0.6 is 0 Å². The summed E-state index contributed by atoms with van der Waals surface area (Å²) in [5, 5.41) is 13.9. The molecule has 1 fully saturated rings. The molecule has 0 bridgehead atoms. The second kappa shape index (κ2) is 5.19. The summed E-state index contributed by atoms with van der Waals surface area (Å²) in [4.78, 5) is 0. The number of nitrogens with one attached hydrogen (secondary N) is 1. The predicted octanol–water partition coefficient (Wildman–Crippen LogP) is 2.43. The molecule has 2 nitrogen and oxygen atoms in total. The molecule has 0 amide bonds. The van der Waals surface area contributed by atoms with Crippen LogP contribution < -0.4 is 5.32 Å². The predicted molar refractivity (Wildman–Crippen MR) is 71.1 cm³/mol. The van der Waals surface area contributed by atoms with Gasteiger partial charge in [0.25, 0.3) is 0 Å². The fourth-order valence-electron chi connectivity index (χ4n) is 2.82. The number of hydrogen-bond acceptors (Lipinski definition) is 2. The van der Waals surface area contributed by atoms with Gasteiger partial charge in [-0.3, -0.25) is 0 Å². The standard InChI is InChI=1S/C15H23NO/c1-12-4-3-5-13(10-12)11-15(17)8-6-14(16-2)7-9-15/h3-5,10,14,16-17H,6-9,11H2,1-2H3. The van der Waals surface area contributed by atoms with Crippen molar-refractivity contribution in [2.45, 2.75) is 50.7 Å². The molecule has 0 saturated heterocycles. The number of benzene rings is 1. The van der Waals surface area contributed by atoms with Gasteiger partial charge in [-0.05, 0) is 45.2 Å². The first-order chi connectivity index (χ1) is 8.11. The van der Waals surface area contributed by atoms with Crippen molar-refractivity contribution < 1.29 is 5.11 Å². The van der Waals surface area contributed by atoms with Crippen LogP contribution in [0.25, 0.3) is 0 Å². The molecule has 1 saturated carbocycles. The normalized spacial score (nSPS) is 29.2. The van der Waals surface area contributed by atoms with Gasteiger partial charge in [-0.25, -0.2) is 0 Å². The van der Waals surface area contributed by atoms with E-state index in [-0.39, 0.29) is 0 Å². The first-order valence-electron chi connectivity index (χ1n) is 6.56. The van der Waals surface area contributed by atoms with Gasteiger partial charge in [-0.2, -0.15) is 0 Å². The number of rotatable bonds is 3. The van der Waals surface area contributed by atoms with E-state index in [9.17, 15) is 5.11 Å². The Hall–Kier alpha value is -0.860. The first-order valence-corrected chi connectivity index (χ1v) is 6.56. The van der Waals surface area contributed by atoms with E-state index in [4.69, 9.17) is 0 Å². The number of hydrogen-bond donors (Lipinski definition) is 2. The quantitative estimate of drug-likeness (QED) is 0.840. The average molecular weight is 233 g/mol. The highest BCUT2D eigenvalue weighted by atomic mass is 16.3. The summed E-state index contributed by atoms with van der Waals surface area (Å²) >= 11 is 0. The van der Waals surface area contributed by atoms with Crippen molar-refractivity contribution >= 4 is 0 Å². The zero-order valence-corrected chi connectivity index (χ0v) is 10.9. The van der Waals surface area contributed by atoms with Crippen LogP contribution in [0.15, 0.2) is 24.3 Å². The van der Waals surface area contributed by atoms with E-state index in [1.165, 1.54) is 11.1 Å². The highest BCUT2D eigenvalue weighted by Gasteiger charge is 2.32. The summed E-state index contributed by atoms with van der Waals surface area (Å²) in [5.74, 6) is 0. The van der Waals surface area contributed by atoms with Gasteiger partial charge >= 0.3 is 0 Å². The summed E-state index contributed by atoms with van der Waals surface area (Å²) in [6, 6.07) is 9.07. The smallest absolute Gasteiger partial charge is 0.0689 e. The summed E-state index contributed by atoms with van der Waals surface area (Å²) in [5.41, 5.74) is 2.05. The third-order valence-electron chi connectivity index (χ3n) is 3.94. The second-order valence-corrected chi connectivity index (χ2v) is 5.45. The minimum absolute atomic E-state index is 0.485. The third-order valence-corrected chi connectivity index (χ3v) is 3.94. The molecule has 1 aromatic rings. The summed E-state index contributed by atoms with van der Waals surface area (Å²) < 4.78 is 0. The van der Waals surface area contributed by atoms with Crippen LogP contribution in [0, 0.1) is 6.92 Å². The molecule has 94 valence electrons. The van der Waals surface area contributed by atoms with Gasteiger partial charge in [0.15, 0.2) is 0 Å². The van der Waals surface area contributed by atoms with Crippen LogP contribution in [0.4, 0.5) is 0 Å². The van der Waals surface area contributed by atoms with Gasteiger partial charge < -0.3 is 10.4 Å². The maximum absolute atomic E-state index is 10.6.